The Balaban J connectivity index is 1.58. The lowest BCUT2D eigenvalue weighted by atomic mass is 9.90. The Morgan fingerprint density at radius 1 is 0.917 bits per heavy atom. The molecule has 0 unspecified atom stereocenters. The minimum absolute atomic E-state index is 0.0255. The molecular weight excluding hydrogens is 476 g/mol. The first-order chi connectivity index (χ1) is 17.3. The van der Waals surface area contributed by atoms with Gasteiger partial charge in [-0.2, -0.15) is 0 Å². The summed E-state index contributed by atoms with van der Waals surface area (Å²) < 4.78 is 22.6. The number of ether oxygens (including phenoxy) is 4. The van der Waals surface area contributed by atoms with Gasteiger partial charge in [-0.3, -0.25) is 0 Å². The van der Waals surface area contributed by atoms with Crippen LogP contribution in [-0.2, 0) is 11.2 Å². The Kier molecular flexibility index (Phi) is 8.20. The largest absolute Gasteiger partial charge is 0.504 e. The Hall–Kier alpha value is -2.64. The van der Waals surface area contributed by atoms with E-state index in [0.29, 0.717) is 24.0 Å². The van der Waals surface area contributed by atoms with Crippen molar-refractivity contribution in [1.29, 1.82) is 0 Å². The summed E-state index contributed by atoms with van der Waals surface area (Å²) in [5.41, 5.74) is 2.11. The monoisotopic (exact) mass is 508 g/mol. The number of hydrogen-bond acceptors (Lipinski definition) is 11. The summed E-state index contributed by atoms with van der Waals surface area (Å²) in [4.78, 5) is 0. The molecule has 0 amide bonds. The zero-order chi connectivity index (χ0) is 26.0. The van der Waals surface area contributed by atoms with Crippen molar-refractivity contribution in [2.75, 3.05) is 26.9 Å². The first kappa shape index (κ1) is 26.4. The van der Waals surface area contributed by atoms with Gasteiger partial charge in [0.05, 0.1) is 26.2 Å². The van der Waals surface area contributed by atoms with Gasteiger partial charge in [-0.15, -0.1) is 0 Å². The second-order valence-electron chi connectivity index (χ2n) is 8.91. The van der Waals surface area contributed by atoms with E-state index >= 15 is 0 Å². The summed E-state index contributed by atoms with van der Waals surface area (Å²) in [7, 11) is 1.41. The highest BCUT2D eigenvalue weighted by atomic mass is 16.7. The van der Waals surface area contributed by atoms with E-state index in [4.69, 9.17) is 24.1 Å². The van der Waals surface area contributed by atoms with E-state index in [2.05, 4.69) is 0 Å². The molecule has 0 radical (unpaired) electrons. The zero-order valence-electron chi connectivity index (χ0n) is 19.7. The molecular formula is C25H32O11. The summed E-state index contributed by atoms with van der Waals surface area (Å²) in [6, 6.07) is 8.29. The SMILES string of the molecule is COc1cc([C@H]2Oc3c(O)cc(CCCO)cc3[C@@H]2CO)ccc1O[C@H]1O[C@H](CO)[C@@H](O)[C@H](O)[C@H]1O. The molecule has 2 aliphatic rings. The smallest absolute Gasteiger partial charge is 0.229 e. The normalized spacial score (nSPS) is 29.5. The van der Waals surface area contributed by atoms with Gasteiger partial charge >= 0.3 is 0 Å². The Labute approximate surface area is 207 Å². The van der Waals surface area contributed by atoms with Gasteiger partial charge in [0.2, 0.25) is 6.29 Å². The van der Waals surface area contributed by atoms with Crippen LogP contribution in [0.4, 0.5) is 0 Å². The van der Waals surface area contributed by atoms with Crippen LogP contribution < -0.4 is 14.2 Å². The van der Waals surface area contributed by atoms with Crippen molar-refractivity contribution >= 4 is 0 Å². The van der Waals surface area contributed by atoms with Gasteiger partial charge in [-0.25, -0.2) is 0 Å². The molecule has 7 atom stereocenters. The number of aliphatic hydroxyl groups excluding tert-OH is 6. The van der Waals surface area contributed by atoms with Crippen LogP contribution >= 0.6 is 0 Å². The van der Waals surface area contributed by atoms with Crippen LogP contribution in [0, 0.1) is 0 Å². The standard InChI is InChI=1S/C25H32O11/c1-33-18-9-13(4-5-17(18)34-25-22(32)21(31)20(30)19(11-28)35-25)23-15(10-27)14-7-12(3-2-6-26)8-16(29)24(14)36-23/h4-5,7-9,15,19-23,25-32H,2-3,6,10-11H2,1H3/t15-,19+,20+,21-,22+,23+,25-/m0/s1. The molecule has 198 valence electrons. The maximum atomic E-state index is 10.5. The first-order valence-electron chi connectivity index (χ1n) is 11.7. The molecule has 36 heavy (non-hydrogen) atoms. The number of aliphatic hydroxyl groups is 6. The lowest BCUT2D eigenvalue weighted by molar-refractivity contribution is -0.277. The zero-order valence-corrected chi connectivity index (χ0v) is 19.7. The molecule has 1 fully saturated rings. The molecule has 1 saturated heterocycles. The van der Waals surface area contributed by atoms with Crippen molar-refractivity contribution in [2.24, 2.45) is 0 Å². The van der Waals surface area contributed by atoms with Gasteiger partial charge in [-0.05, 0) is 42.2 Å². The lowest BCUT2D eigenvalue weighted by Crippen LogP contribution is -2.60. The van der Waals surface area contributed by atoms with E-state index in [0.717, 1.165) is 5.56 Å². The van der Waals surface area contributed by atoms with Crippen molar-refractivity contribution in [1.82, 2.24) is 0 Å². The molecule has 2 aliphatic heterocycles. The fraction of sp³-hybridized carbons (Fsp3) is 0.520. The number of benzene rings is 2. The van der Waals surface area contributed by atoms with Crippen LogP contribution in [0.15, 0.2) is 30.3 Å². The Morgan fingerprint density at radius 3 is 2.36 bits per heavy atom. The molecule has 2 heterocycles. The molecule has 11 nitrogen and oxygen atoms in total. The molecule has 0 saturated carbocycles. The van der Waals surface area contributed by atoms with E-state index in [1.165, 1.54) is 7.11 Å². The third kappa shape index (κ3) is 4.96. The predicted molar refractivity (Wildman–Crippen MR) is 124 cm³/mol. The minimum atomic E-state index is -1.59. The first-order valence-corrected chi connectivity index (χ1v) is 11.7. The molecule has 11 heteroatoms. The van der Waals surface area contributed by atoms with E-state index in [1.54, 1.807) is 24.3 Å². The van der Waals surface area contributed by atoms with E-state index in [-0.39, 0.29) is 36.2 Å². The molecule has 0 spiro atoms. The van der Waals surface area contributed by atoms with Crippen LogP contribution in [-0.4, -0.2) is 93.4 Å². The Morgan fingerprint density at radius 2 is 1.69 bits per heavy atom. The number of rotatable bonds is 9. The van der Waals surface area contributed by atoms with Crippen molar-refractivity contribution in [2.45, 2.75) is 55.6 Å². The van der Waals surface area contributed by atoms with Crippen molar-refractivity contribution in [3.63, 3.8) is 0 Å². The lowest BCUT2D eigenvalue weighted by Gasteiger charge is -2.39. The third-order valence-electron chi connectivity index (χ3n) is 6.60. The quantitative estimate of drug-likeness (QED) is 0.237. The number of aromatic hydroxyl groups is 1. The van der Waals surface area contributed by atoms with Gasteiger partial charge in [0.15, 0.2) is 23.0 Å². The maximum absolute atomic E-state index is 10.5. The number of hydrogen-bond donors (Lipinski definition) is 7. The molecule has 2 aromatic rings. The average Bonchev–Trinajstić information content (AvgIpc) is 3.27. The molecule has 4 rings (SSSR count). The fourth-order valence-electron chi connectivity index (χ4n) is 4.64. The van der Waals surface area contributed by atoms with Gasteiger partial charge < -0.3 is 54.7 Å². The number of phenols is 1. The predicted octanol–water partition coefficient (Wildman–Crippen LogP) is -0.286. The average molecular weight is 509 g/mol. The summed E-state index contributed by atoms with van der Waals surface area (Å²) in [5, 5.41) is 69.4. The summed E-state index contributed by atoms with van der Waals surface area (Å²) in [6.07, 6.45) is -6.71. The van der Waals surface area contributed by atoms with Gasteiger partial charge in [0, 0.05) is 12.2 Å². The molecule has 0 aromatic heterocycles. The molecule has 0 bridgehead atoms. The second-order valence-corrected chi connectivity index (χ2v) is 8.91. The van der Waals surface area contributed by atoms with Crippen molar-refractivity contribution in [3.8, 4) is 23.0 Å². The van der Waals surface area contributed by atoms with E-state index in [1.807, 2.05) is 6.07 Å². The summed E-state index contributed by atoms with van der Waals surface area (Å²) >= 11 is 0. The molecule has 0 aliphatic carbocycles. The molecule has 2 aromatic carbocycles. The van der Waals surface area contributed by atoms with Crippen LogP contribution in [0.1, 0.15) is 35.1 Å². The highest BCUT2D eigenvalue weighted by Gasteiger charge is 2.45. The number of aryl methyl sites for hydroxylation is 1. The summed E-state index contributed by atoms with van der Waals surface area (Å²) in [5.74, 6) is 0.176. The van der Waals surface area contributed by atoms with Crippen LogP contribution in [0.25, 0.3) is 0 Å². The van der Waals surface area contributed by atoms with Crippen LogP contribution in [0.2, 0.25) is 0 Å². The summed E-state index contributed by atoms with van der Waals surface area (Å²) in [6.45, 7) is -0.804. The van der Waals surface area contributed by atoms with Gasteiger partial charge in [0.25, 0.3) is 0 Å². The van der Waals surface area contributed by atoms with Crippen LogP contribution in [0.3, 0.4) is 0 Å². The third-order valence-corrected chi connectivity index (χ3v) is 6.60. The second kappa shape index (κ2) is 11.2. The molecule has 7 N–H and O–H groups in total. The highest BCUT2D eigenvalue weighted by molar-refractivity contribution is 5.55. The van der Waals surface area contributed by atoms with Gasteiger partial charge in [0.1, 0.15) is 30.5 Å². The number of methoxy groups -OCH3 is 1. The highest BCUT2D eigenvalue weighted by Crippen LogP contribution is 2.51. The van der Waals surface area contributed by atoms with Crippen molar-refractivity contribution in [3.05, 3.63) is 47.0 Å². The van der Waals surface area contributed by atoms with Gasteiger partial charge in [-0.1, -0.05) is 12.1 Å². The van der Waals surface area contributed by atoms with E-state index < -0.39 is 49.3 Å². The topological polar surface area (TPSA) is 179 Å². The Bertz CT molecular complexity index is 1040. The van der Waals surface area contributed by atoms with Crippen LogP contribution in [0.5, 0.6) is 23.0 Å². The maximum Gasteiger partial charge on any atom is 0.229 e. The van der Waals surface area contributed by atoms with E-state index in [9.17, 15) is 30.6 Å². The number of fused-ring (bicyclic) bond motifs is 1. The minimum Gasteiger partial charge on any atom is -0.504 e. The number of phenolic OH excluding ortho intramolecular Hbond substituents is 1. The van der Waals surface area contributed by atoms with Crippen molar-refractivity contribution < 1.29 is 54.7 Å². The fourth-order valence-corrected chi connectivity index (χ4v) is 4.64.